The molecule has 152 valence electrons. The van der Waals surface area contributed by atoms with Crippen LogP contribution in [0, 0.1) is 13.8 Å². The first-order chi connectivity index (χ1) is 14.4. The van der Waals surface area contributed by atoms with Crippen molar-refractivity contribution in [3.63, 3.8) is 0 Å². The number of aliphatic hydroxyl groups excluding tert-OH is 1. The van der Waals surface area contributed by atoms with Gasteiger partial charge in [-0.25, -0.2) is 0 Å². The van der Waals surface area contributed by atoms with E-state index in [-0.39, 0.29) is 11.3 Å². The molecule has 0 bridgehead atoms. The predicted molar refractivity (Wildman–Crippen MR) is 118 cm³/mol. The van der Waals surface area contributed by atoms with Gasteiger partial charge in [0.25, 0.3) is 11.7 Å². The summed E-state index contributed by atoms with van der Waals surface area (Å²) in [7, 11) is 1.57. The maximum Gasteiger partial charge on any atom is 0.300 e. The number of thiophene rings is 1. The van der Waals surface area contributed by atoms with Gasteiger partial charge in [0.1, 0.15) is 17.6 Å². The summed E-state index contributed by atoms with van der Waals surface area (Å²) >= 11 is 1.44. The van der Waals surface area contributed by atoms with Crippen LogP contribution in [0.25, 0.3) is 5.76 Å². The molecule has 1 amide bonds. The number of carbonyl (C=O) groups excluding carboxylic acids is 2. The van der Waals surface area contributed by atoms with Crippen LogP contribution < -0.4 is 9.64 Å². The summed E-state index contributed by atoms with van der Waals surface area (Å²) in [6, 6.07) is 15.7. The predicted octanol–water partition coefficient (Wildman–Crippen LogP) is 5.00. The maximum atomic E-state index is 13.1. The van der Waals surface area contributed by atoms with Crippen molar-refractivity contribution in [1.82, 2.24) is 0 Å². The van der Waals surface area contributed by atoms with Crippen molar-refractivity contribution in [3.05, 3.63) is 87.1 Å². The molecule has 0 spiro atoms. The van der Waals surface area contributed by atoms with Gasteiger partial charge >= 0.3 is 0 Å². The van der Waals surface area contributed by atoms with Gasteiger partial charge in [-0.2, -0.15) is 0 Å². The van der Waals surface area contributed by atoms with Gasteiger partial charge in [0.15, 0.2) is 0 Å². The van der Waals surface area contributed by atoms with Crippen LogP contribution in [0.4, 0.5) is 5.69 Å². The number of carbonyl (C=O) groups is 2. The molecule has 2 aromatic carbocycles. The molecular formula is C24H21NO4S. The lowest BCUT2D eigenvalue weighted by Gasteiger charge is -2.24. The van der Waals surface area contributed by atoms with Crippen molar-refractivity contribution in [2.45, 2.75) is 19.9 Å². The number of rotatable bonds is 4. The Hall–Kier alpha value is -3.38. The molecule has 30 heavy (non-hydrogen) atoms. The second kappa shape index (κ2) is 7.80. The van der Waals surface area contributed by atoms with Gasteiger partial charge < -0.3 is 9.84 Å². The summed E-state index contributed by atoms with van der Waals surface area (Å²) in [5.74, 6) is -0.868. The number of aryl methyl sites for hydroxylation is 2. The third-order valence-corrected chi connectivity index (χ3v) is 6.18. The van der Waals surface area contributed by atoms with Crippen molar-refractivity contribution in [2.24, 2.45) is 0 Å². The van der Waals surface area contributed by atoms with Gasteiger partial charge in [-0.1, -0.05) is 23.8 Å². The SMILES string of the molecule is COc1ccc(/C(O)=C2/C(=O)C(=O)N(c3ccc(C)cc3)C2c2cccs2)c(C)c1. The first-order valence-corrected chi connectivity index (χ1v) is 10.4. The Morgan fingerprint density at radius 2 is 1.80 bits per heavy atom. The lowest BCUT2D eigenvalue weighted by Crippen LogP contribution is -2.29. The Morgan fingerprint density at radius 1 is 1.07 bits per heavy atom. The molecule has 6 heteroatoms. The van der Waals surface area contributed by atoms with Gasteiger partial charge in [-0.05, 0) is 61.2 Å². The monoisotopic (exact) mass is 419 g/mol. The molecule has 1 N–H and O–H groups in total. The Balaban J connectivity index is 1.92. The Labute approximate surface area is 178 Å². The zero-order chi connectivity index (χ0) is 21.4. The molecule has 2 heterocycles. The highest BCUT2D eigenvalue weighted by Crippen LogP contribution is 2.44. The molecule has 1 aliphatic rings. The fraction of sp³-hybridized carbons (Fsp3) is 0.167. The van der Waals surface area contributed by atoms with Crippen LogP contribution in [0.2, 0.25) is 0 Å². The topological polar surface area (TPSA) is 66.8 Å². The number of benzene rings is 2. The number of aliphatic hydroxyl groups is 1. The molecule has 3 aromatic rings. The summed E-state index contributed by atoms with van der Waals surface area (Å²) in [6.07, 6.45) is 0. The second-order valence-electron chi connectivity index (χ2n) is 7.20. The average molecular weight is 420 g/mol. The van der Waals surface area contributed by atoms with Crippen LogP contribution in [0.15, 0.2) is 65.6 Å². The maximum absolute atomic E-state index is 13.1. The standard InChI is InChI=1S/C24H21NO4S/c1-14-6-8-16(9-7-14)25-21(19-5-4-12-30-19)20(23(27)24(25)28)22(26)18-11-10-17(29-3)13-15(18)2/h4-13,21,26H,1-3H3/b22-20-. The van der Waals surface area contributed by atoms with Crippen LogP contribution in [0.1, 0.15) is 27.6 Å². The first kappa shape index (κ1) is 19.9. The van der Waals surface area contributed by atoms with E-state index in [1.165, 1.54) is 16.2 Å². The molecular weight excluding hydrogens is 398 g/mol. The zero-order valence-electron chi connectivity index (χ0n) is 16.9. The minimum absolute atomic E-state index is 0.0938. The van der Waals surface area contributed by atoms with Crippen molar-refractivity contribution in [3.8, 4) is 5.75 Å². The highest BCUT2D eigenvalue weighted by Gasteiger charge is 2.47. The number of amides is 1. The number of hydrogen-bond donors (Lipinski definition) is 1. The quantitative estimate of drug-likeness (QED) is 0.367. The number of hydrogen-bond acceptors (Lipinski definition) is 5. The number of ketones is 1. The number of methoxy groups -OCH3 is 1. The molecule has 0 aliphatic carbocycles. The molecule has 1 saturated heterocycles. The number of nitrogens with zero attached hydrogens (tertiary/aromatic N) is 1. The Kier molecular flexibility index (Phi) is 5.18. The molecule has 4 rings (SSSR count). The highest BCUT2D eigenvalue weighted by atomic mass is 32.1. The second-order valence-corrected chi connectivity index (χ2v) is 8.18. The first-order valence-electron chi connectivity index (χ1n) is 9.48. The van der Waals surface area contributed by atoms with E-state index in [1.54, 1.807) is 25.3 Å². The summed E-state index contributed by atoms with van der Waals surface area (Å²) < 4.78 is 5.23. The van der Waals surface area contributed by atoms with E-state index in [1.807, 2.05) is 55.6 Å². The Morgan fingerprint density at radius 3 is 2.40 bits per heavy atom. The van der Waals surface area contributed by atoms with E-state index in [4.69, 9.17) is 4.74 Å². The van der Waals surface area contributed by atoms with E-state index < -0.39 is 17.7 Å². The minimum atomic E-state index is -0.693. The third-order valence-electron chi connectivity index (χ3n) is 5.26. The molecule has 1 aromatic heterocycles. The number of Topliss-reactive ketones (excluding diaryl/α,β-unsaturated/α-hetero) is 1. The fourth-order valence-electron chi connectivity index (χ4n) is 3.69. The van der Waals surface area contributed by atoms with Gasteiger partial charge in [-0.15, -0.1) is 11.3 Å². The van der Waals surface area contributed by atoms with Crippen LogP contribution >= 0.6 is 11.3 Å². The fourth-order valence-corrected chi connectivity index (χ4v) is 4.52. The molecule has 5 nitrogen and oxygen atoms in total. The lowest BCUT2D eigenvalue weighted by molar-refractivity contribution is -0.132. The van der Waals surface area contributed by atoms with E-state index in [0.29, 0.717) is 17.0 Å². The van der Waals surface area contributed by atoms with E-state index >= 15 is 0 Å². The number of anilines is 1. The van der Waals surface area contributed by atoms with Crippen molar-refractivity contribution >= 4 is 34.5 Å². The molecule has 1 aliphatic heterocycles. The van der Waals surface area contributed by atoms with Gasteiger partial charge in [0, 0.05) is 16.1 Å². The van der Waals surface area contributed by atoms with E-state index in [0.717, 1.165) is 16.0 Å². The van der Waals surface area contributed by atoms with Gasteiger partial charge in [0.2, 0.25) is 0 Å². The number of ether oxygens (including phenoxy) is 1. The summed E-state index contributed by atoms with van der Waals surface area (Å²) in [5.41, 5.74) is 3.01. The molecule has 1 fully saturated rings. The summed E-state index contributed by atoms with van der Waals surface area (Å²) in [4.78, 5) is 28.4. The van der Waals surface area contributed by atoms with Crippen LogP contribution in [0.5, 0.6) is 5.75 Å². The minimum Gasteiger partial charge on any atom is -0.507 e. The smallest absolute Gasteiger partial charge is 0.300 e. The zero-order valence-corrected chi connectivity index (χ0v) is 17.7. The van der Waals surface area contributed by atoms with Crippen LogP contribution in [0.3, 0.4) is 0 Å². The summed E-state index contributed by atoms with van der Waals surface area (Å²) in [6.45, 7) is 3.79. The van der Waals surface area contributed by atoms with Crippen molar-refractivity contribution in [1.29, 1.82) is 0 Å². The van der Waals surface area contributed by atoms with E-state index in [9.17, 15) is 14.7 Å². The van der Waals surface area contributed by atoms with Crippen LogP contribution in [-0.4, -0.2) is 23.9 Å². The Bertz CT molecular complexity index is 1150. The molecule has 1 atom stereocenters. The molecule has 1 unspecified atom stereocenters. The third kappa shape index (κ3) is 3.29. The summed E-state index contributed by atoms with van der Waals surface area (Å²) in [5, 5.41) is 13.1. The van der Waals surface area contributed by atoms with Crippen molar-refractivity contribution < 1.29 is 19.4 Å². The molecule has 0 radical (unpaired) electrons. The van der Waals surface area contributed by atoms with Crippen molar-refractivity contribution in [2.75, 3.05) is 12.0 Å². The highest BCUT2D eigenvalue weighted by molar-refractivity contribution is 7.10. The molecule has 0 saturated carbocycles. The average Bonchev–Trinajstić information content (AvgIpc) is 3.35. The lowest BCUT2D eigenvalue weighted by atomic mass is 9.97. The van der Waals surface area contributed by atoms with Gasteiger partial charge in [-0.3, -0.25) is 14.5 Å². The van der Waals surface area contributed by atoms with E-state index in [2.05, 4.69) is 0 Å². The largest absolute Gasteiger partial charge is 0.507 e. The van der Waals surface area contributed by atoms with Crippen LogP contribution in [-0.2, 0) is 9.59 Å². The van der Waals surface area contributed by atoms with Gasteiger partial charge in [0.05, 0.1) is 12.7 Å². The normalized spacial score (nSPS) is 18.1.